The lowest BCUT2D eigenvalue weighted by atomic mass is 9.87. The van der Waals surface area contributed by atoms with Crippen molar-refractivity contribution in [1.29, 1.82) is 0 Å². The van der Waals surface area contributed by atoms with Gasteiger partial charge in [0.25, 0.3) is 0 Å². The van der Waals surface area contributed by atoms with Gasteiger partial charge in [-0.05, 0) is 44.2 Å². The van der Waals surface area contributed by atoms with E-state index in [2.05, 4.69) is 16.3 Å². The number of likely N-dealkylation sites (tertiary alicyclic amines) is 1. The number of hydrogen-bond acceptors (Lipinski definition) is 4. The molecule has 5 heteroatoms. The van der Waals surface area contributed by atoms with Crippen molar-refractivity contribution in [1.82, 2.24) is 4.90 Å². The van der Waals surface area contributed by atoms with Crippen LogP contribution < -0.4 is 10.1 Å². The van der Waals surface area contributed by atoms with Crippen LogP contribution in [0.25, 0.3) is 0 Å². The highest BCUT2D eigenvalue weighted by atomic mass is 16.5. The molecule has 130 valence electrons. The molecule has 2 aliphatic heterocycles. The lowest BCUT2D eigenvalue weighted by Crippen LogP contribution is -2.47. The minimum atomic E-state index is -0.0448. The molecule has 0 bridgehead atoms. The molecule has 1 amide bonds. The molecule has 1 atom stereocenters. The fourth-order valence-corrected chi connectivity index (χ4v) is 3.96. The first-order chi connectivity index (χ1) is 11.7. The molecule has 1 aromatic carbocycles. The highest BCUT2D eigenvalue weighted by Crippen LogP contribution is 2.39. The van der Waals surface area contributed by atoms with Crippen LogP contribution >= 0.6 is 0 Å². The topological polar surface area (TPSA) is 50.8 Å². The summed E-state index contributed by atoms with van der Waals surface area (Å²) in [4.78, 5) is 14.2. The fourth-order valence-electron chi connectivity index (χ4n) is 3.96. The van der Waals surface area contributed by atoms with Gasteiger partial charge in [0.2, 0.25) is 5.91 Å². The molecule has 24 heavy (non-hydrogen) atoms. The minimum absolute atomic E-state index is 0.0448. The number of nitrogens with one attached hydrogen (secondary N) is 1. The van der Waals surface area contributed by atoms with Crippen molar-refractivity contribution >= 4 is 11.6 Å². The lowest BCUT2D eigenvalue weighted by molar-refractivity contribution is -0.137. The summed E-state index contributed by atoms with van der Waals surface area (Å²) >= 11 is 0. The van der Waals surface area contributed by atoms with Gasteiger partial charge >= 0.3 is 0 Å². The Kier molecular flexibility index (Phi) is 4.12. The highest BCUT2D eigenvalue weighted by Gasteiger charge is 2.44. The maximum Gasteiger partial charge on any atom is 0.225 e. The second kappa shape index (κ2) is 6.28. The third kappa shape index (κ3) is 3.22. The van der Waals surface area contributed by atoms with Crippen LogP contribution in [0.4, 0.5) is 5.69 Å². The van der Waals surface area contributed by atoms with Gasteiger partial charge < -0.3 is 19.7 Å². The van der Waals surface area contributed by atoms with E-state index in [1.165, 1.54) is 0 Å². The Labute approximate surface area is 143 Å². The molecule has 3 aliphatic rings. The zero-order valence-electron chi connectivity index (χ0n) is 14.3. The first-order valence-corrected chi connectivity index (χ1v) is 9.01. The Hall–Kier alpha value is -1.75. The van der Waals surface area contributed by atoms with Crippen molar-refractivity contribution in [2.24, 2.45) is 5.92 Å². The number of hydrogen-bond donors (Lipinski definition) is 1. The number of benzene rings is 1. The van der Waals surface area contributed by atoms with Crippen molar-refractivity contribution < 1.29 is 14.3 Å². The van der Waals surface area contributed by atoms with E-state index in [-0.39, 0.29) is 5.60 Å². The molecular formula is C19H26N2O3. The van der Waals surface area contributed by atoms with Crippen LogP contribution in [0, 0.1) is 5.92 Å². The summed E-state index contributed by atoms with van der Waals surface area (Å²) in [6.07, 6.45) is 5.10. The predicted molar refractivity (Wildman–Crippen MR) is 92.2 cm³/mol. The van der Waals surface area contributed by atoms with Crippen molar-refractivity contribution in [2.75, 3.05) is 32.1 Å². The number of piperidine rings is 1. The van der Waals surface area contributed by atoms with Crippen LogP contribution in [-0.2, 0) is 9.53 Å². The zero-order valence-corrected chi connectivity index (χ0v) is 14.3. The molecule has 1 spiro atoms. The van der Waals surface area contributed by atoms with Crippen molar-refractivity contribution in [3.63, 3.8) is 0 Å². The molecular weight excluding hydrogens is 304 g/mol. The SMILES string of the molecule is COc1cccc(N[C@@H]2COC3(CCN(C(=O)C4CC4)CC3)C2)c1. The summed E-state index contributed by atoms with van der Waals surface area (Å²) < 4.78 is 11.5. The summed E-state index contributed by atoms with van der Waals surface area (Å²) in [6, 6.07) is 8.34. The molecule has 0 unspecified atom stereocenters. The summed E-state index contributed by atoms with van der Waals surface area (Å²) in [7, 11) is 1.68. The summed E-state index contributed by atoms with van der Waals surface area (Å²) in [6.45, 7) is 2.43. The molecule has 1 N–H and O–H groups in total. The molecule has 1 aromatic rings. The van der Waals surface area contributed by atoms with E-state index in [0.717, 1.165) is 63.2 Å². The van der Waals surface area contributed by atoms with E-state index in [9.17, 15) is 4.79 Å². The largest absolute Gasteiger partial charge is 0.497 e. The Morgan fingerprint density at radius 3 is 2.83 bits per heavy atom. The van der Waals surface area contributed by atoms with Gasteiger partial charge in [0.1, 0.15) is 5.75 Å². The van der Waals surface area contributed by atoms with Crippen LogP contribution in [-0.4, -0.2) is 49.3 Å². The molecule has 1 saturated carbocycles. The van der Waals surface area contributed by atoms with E-state index >= 15 is 0 Å². The van der Waals surface area contributed by atoms with Gasteiger partial charge in [0.05, 0.1) is 25.4 Å². The van der Waals surface area contributed by atoms with Crippen LogP contribution in [0.2, 0.25) is 0 Å². The van der Waals surface area contributed by atoms with E-state index in [1.54, 1.807) is 7.11 Å². The van der Waals surface area contributed by atoms with Crippen LogP contribution in [0.5, 0.6) is 5.75 Å². The average Bonchev–Trinajstić information content (AvgIpc) is 3.39. The number of nitrogens with zero attached hydrogens (tertiary/aromatic N) is 1. The predicted octanol–water partition coefficient (Wildman–Crippen LogP) is 2.67. The number of methoxy groups -OCH3 is 1. The second-order valence-corrected chi connectivity index (χ2v) is 7.37. The number of anilines is 1. The van der Waals surface area contributed by atoms with E-state index in [1.807, 2.05) is 18.2 Å². The standard InChI is InChI=1S/C19H26N2O3/c1-23-17-4-2-3-15(11-17)20-16-12-19(24-13-16)7-9-21(10-8-19)18(22)14-5-6-14/h2-4,11,14,16,20H,5-10,12-13H2,1H3/t16-/m0/s1. The maximum absolute atomic E-state index is 12.2. The number of ether oxygens (including phenoxy) is 2. The Bertz CT molecular complexity index is 606. The first kappa shape index (κ1) is 15.8. The molecule has 0 aromatic heterocycles. The molecule has 3 fully saturated rings. The van der Waals surface area contributed by atoms with Gasteiger partial charge in [-0.1, -0.05) is 6.07 Å². The van der Waals surface area contributed by atoms with Crippen molar-refractivity contribution in [2.45, 2.75) is 43.7 Å². The zero-order chi connectivity index (χ0) is 16.6. The number of carbonyl (C=O) groups is 1. The number of amides is 1. The Morgan fingerprint density at radius 2 is 2.12 bits per heavy atom. The van der Waals surface area contributed by atoms with Gasteiger partial charge in [-0.3, -0.25) is 4.79 Å². The maximum atomic E-state index is 12.2. The third-order valence-corrected chi connectivity index (χ3v) is 5.56. The average molecular weight is 330 g/mol. The Balaban J connectivity index is 1.32. The van der Waals surface area contributed by atoms with Gasteiger partial charge in [0, 0.05) is 30.8 Å². The van der Waals surface area contributed by atoms with Crippen LogP contribution in [0.3, 0.4) is 0 Å². The van der Waals surface area contributed by atoms with Crippen molar-refractivity contribution in [3.05, 3.63) is 24.3 Å². The molecule has 0 radical (unpaired) electrons. The number of rotatable bonds is 4. The molecule has 2 saturated heterocycles. The third-order valence-electron chi connectivity index (χ3n) is 5.56. The van der Waals surface area contributed by atoms with Gasteiger partial charge in [0.15, 0.2) is 0 Å². The smallest absolute Gasteiger partial charge is 0.225 e. The van der Waals surface area contributed by atoms with Gasteiger partial charge in [-0.25, -0.2) is 0 Å². The number of carbonyl (C=O) groups excluding carboxylic acids is 1. The molecule has 5 nitrogen and oxygen atoms in total. The normalized spacial score (nSPS) is 25.7. The highest BCUT2D eigenvalue weighted by molar-refractivity contribution is 5.81. The molecule has 4 rings (SSSR count). The van der Waals surface area contributed by atoms with Gasteiger partial charge in [-0.15, -0.1) is 0 Å². The monoisotopic (exact) mass is 330 g/mol. The van der Waals surface area contributed by atoms with E-state index in [4.69, 9.17) is 9.47 Å². The van der Waals surface area contributed by atoms with E-state index in [0.29, 0.717) is 17.9 Å². The van der Waals surface area contributed by atoms with Crippen molar-refractivity contribution in [3.8, 4) is 5.75 Å². The summed E-state index contributed by atoms with van der Waals surface area (Å²) in [5.41, 5.74) is 1.03. The minimum Gasteiger partial charge on any atom is -0.497 e. The van der Waals surface area contributed by atoms with E-state index < -0.39 is 0 Å². The molecule has 2 heterocycles. The van der Waals surface area contributed by atoms with Gasteiger partial charge in [-0.2, -0.15) is 0 Å². The van der Waals surface area contributed by atoms with Crippen LogP contribution in [0.15, 0.2) is 24.3 Å². The summed E-state index contributed by atoms with van der Waals surface area (Å²) in [5.74, 6) is 1.56. The van der Waals surface area contributed by atoms with Crippen LogP contribution in [0.1, 0.15) is 32.1 Å². The Morgan fingerprint density at radius 1 is 1.33 bits per heavy atom. The molecule has 1 aliphatic carbocycles. The second-order valence-electron chi connectivity index (χ2n) is 7.37. The quantitative estimate of drug-likeness (QED) is 0.922. The lowest BCUT2D eigenvalue weighted by Gasteiger charge is -2.38. The fraction of sp³-hybridized carbons (Fsp3) is 0.632. The summed E-state index contributed by atoms with van der Waals surface area (Å²) in [5, 5.41) is 3.56. The first-order valence-electron chi connectivity index (χ1n) is 9.01.